The van der Waals surface area contributed by atoms with Crippen LogP contribution in [0.5, 0.6) is 0 Å². The van der Waals surface area contributed by atoms with Crippen molar-refractivity contribution in [1.82, 2.24) is 0 Å². The van der Waals surface area contributed by atoms with Crippen molar-refractivity contribution in [3.05, 3.63) is 30.3 Å². The molecule has 1 aromatic carbocycles. The number of anilines is 1. The molecule has 20 heavy (non-hydrogen) atoms. The molecule has 116 valence electrons. The summed E-state index contributed by atoms with van der Waals surface area (Å²) in [5.41, 5.74) is 1.13. The van der Waals surface area contributed by atoms with Gasteiger partial charge in [-0.3, -0.25) is 0 Å². The zero-order valence-corrected chi connectivity index (χ0v) is 13.9. The van der Waals surface area contributed by atoms with Crippen LogP contribution in [0.3, 0.4) is 0 Å². The highest BCUT2D eigenvalue weighted by molar-refractivity contribution is 6.60. The summed E-state index contributed by atoms with van der Waals surface area (Å²) in [6, 6.07) is 10.9. The molecule has 0 aliphatic carbocycles. The van der Waals surface area contributed by atoms with Gasteiger partial charge in [-0.05, 0) is 25.5 Å². The van der Waals surface area contributed by atoms with E-state index in [1.807, 2.05) is 30.3 Å². The number of benzene rings is 1. The Hall–Kier alpha value is -0.923. The maximum atomic E-state index is 7.57. The number of aliphatic hydroxyl groups is 1. The minimum Gasteiger partial charge on any atom is -0.397 e. The van der Waals surface area contributed by atoms with Crippen molar-refractivity contribution in [2.24, 2.45) is 0 Å². The Balaban J connectivity index is 0.00000110. The quantitative estimate of drug-likeness (QED) is 0.570. The van der Waals surface area contributed by atoms with Crippen molar-refractivity contribution in [2.75, 3.05) is 39.8 Å². The van der Waals surface area contributed by atoms with Crippen molar-refractivity contribution >= 4 is 14.5 Å². The highest BCUT2D eigenvalue weighted by atomic mass is 28.4. The monoisotopic (exact) mass is 301 g/mol. The molecule has 2 N–H and O–H groups in total. The fourth-order valence-electron chi connectivity index (χ4n) is 1.65. The number of hydrogen-bond donors (Lipinski definition) is 2. The fourth-order valence-corrected chi connectivity index (χ4v) is 3.37. The van der Waals surface area contributed by atoms with Crippen LogP contribution in [0.15, 0.2) is 30.3 Å². The molecule has 0 saturated carbocycles. The molecule has 1 aromatic rings. The molecule has 0 aliphatic rings. The molecule has 5 nitrogen and oxygen atoms in total. The molecule has 0 bridgehead atoms. The smallest absolute Gasteiger partial charge is 0.397 e. The van der Waals surface area contributed by atoms with Crippen molar-refractivity contribution in [1.29, 1.82) is 0 Å². The summed E-state index contributed by atoms with van der Waals surface area (Å²) in [4.78, 5) is 0. The molecule has 0 radical (unpaired) electrons. The molecule has 0 aromatic heterocycles. The molecule has 0 atom stereocenters. The van der Waals surface area contributed by atoms with Gasteiger partial charge in [0.25, 0.3) is 0 Å². The minimum atomic E-state index is -2.40. The summed E-state index contributed by atoms with van der Waals surface area (Å²) in [5, 5.41) is 10.9. The molecule has 1 rings (SSSR count). The van der Waals surface area contributed by atoms with Crippen LogP contribution in [0.2, 0.25) is 6.04 Å². The molecular weight excluding hydrogens is 274 g/mol. The van der Waals surface area contributed by atoms with Gasteiger partial charge in [0, 0.05) is 46.2 Å². The van der Waals surface area contributed by atoms with Crippen LogP contribution in [0.25, 0.3) is 0 Å². The molecule has 0 fully saturated rings. The SMILES string of the molecule is CCO.CO[Si](CCCNc1ccccc1)(OC)OC. The van der Waals surface area contributed by atoms with E-state index in [1.165, 1.54) is 0 Å². The summed E-state index contributed by atoms with van der Waals surface area (Å²) < 4.78 is 16.1. The van der Waals surface area contributed by atoms with Crippen LogP contribution < -0.4 is 5.32 Å². The molecule has 0 saturated heterocycles. The molecule has 0 amide bonds. The Bertz CT molecular complexity index is 312. The Morgan fingerprint density at radius 1 is 1.05 bits per heavy atom. The third kappa shape index (κ3) is 7.61. The normalized spacial score (nSPS) is 10.7. The molecule has 0 spiro atoms. The maximum Gasteiger partial charge on any atom is 0.500 e. The largest absolute Gasteiger partial charge is 0.500 e. The van der Waals surface area contributed by atoms with Crippen LogP contribution in [-0.4, -0.2) is 48.4 Å². The fraction of sp³-hybridized carbons (Fsp3) is 0.571. The van der Waals surface area contributed by atoms with Gasteiger partial charge in [-0.1, -0.05) is 18.2 Å². The van der Waals surface area contributed by atoms with Gasteiger partial charge in [-0.25, -0.2) is 0 Å². The Labute approximate surface area is 123 Å². The zero-order chi connectivity index (χ0) is 15.3. The molecular formula is C14H27NO4Si. The van der Waals surface area contributed by atoms with E-state index in [1.54, 1.807) is 28.3 Å². The second-order valence-corrected chi connectivity index (χ2v) is 7.10. The van der Waals surface area contributed by atoms with Crippen molar-refractivity contribution in [3.8, 4) is 0 Å². The molecule has 0 unspecified atom stereocenters. The van der Waals surface area contributed by atoms with Gasteiger partial charge >= 0.3 is 8.80 Å². The summed E-state index contributed by atoms with van der Waals surface area (Å²) in [5.74, 6) is 0. The maximum absolute atomic E-state index is 7.57. The summed E-state index contributed by atoms with van der Waals surface area (Å²) >= 11 is 0. The third-order valence-corrected chi connectivity index (χ3v) is 5.53. The summed E-state index contributed by atoms with van der Waals surface area (Å²) in [7, 11) is 2.53. The van der Waals surface area contributed by atoms with Gasteiger partial charge in [0.05, 0.1) is 0 Å². The minimum absolute atomic E-state index is 0.250. The Kier molecular flexibility index (Phi) is 11.3. The Morgan fingerprint density at radius 3 is 2.00 bits per heavy atom. The number of rotatable bonds is 8. The van der Waals surface area contributed by atoms with Crippen molar-refractivity contribution in [3.63, 3.8) is 0 Å². The number of hydrogen-bond acceptors (Lipinski definition) is 5. The first-order chi connectivity index (χ1) is 9.67. The lowest BCUT2D eigenvalue weighted by molar-refractivity contribution is 0.123. The first-order valence-electron chi connectivity index (χ1n) is 6.73. The van der Waals surface area contributed by atoms with E-state index >= 15 is 0 Å². The lowest BCUT2D eigenvalue weighted by Gasteiger charge is -2.24. The average molecular weight is 301 g/mol. The van der Waals surface area contributed by atoms with Gasteiger partial charge in [-0.2, -0.15) is 0 Å². The van der Waals surface area contributed by atoms with E-state index in [2.05, 4.69) is 5.32 Å². The second kappa shape index (κ2) is 11.9. The van der Waals surface area contributed by atoms with Gasteiger partial charge in [-0.15, -0.1) is 0 Å². The predicted octanol–water partition coefficient (Wildman–Crippen LogP) is 2.37. The topological polar surface area (TPSA) is 60.0 Å². The van der Waals surface area contributed by atoms with Gasteiger partial charge < -0.3 is 23.7 Å². The highest BCUT2D eigenvalue weighted by Gasteiger charge is 2.36. The van der Waals surface area contributed by atoms with E-state index in [4.69, 9.17) is 18.4 Å². The number of nitrogens with one attached hydrogen (secondary N) is 1. The lowest BCUT2D eigenvalue weighted by Crippen LogP contribution is -2.42. The van der Waals surface area contributed by atoms with Crippen molar-refractivity contribution in [2.45, 2.75) is 19.4 Å². The number of para-hydroxylation sites is 1. The van der Waals surface area contributed by atoms with Crippen LogP contribution in [0, 0.1) is 0 Å². The van der Waals surface area contributed by atoms with E-state index in [9.17, 15) is 0 Å². The highest BCUT2D eigenvalue weighted by Crippen LogP contribution is 2.15. The molecule has 0 aliphatic heterocycles. The van der Waals surface area contributed by atoms with E-state index in [0.717, 1.165) is 24.7 Å². The first kappa shape index (κ1) is 19.1. The van der Waals surface area contributed by atoms with Crippen molar-refractivity contribution < 1.29 is 18.4 Å². The lowest BCUT2D eigenvalue weighted by atomic mass is 10.3. The first-order valence-corrected chi connectivity index (χ1v) is 8.66. The van der Waals surface area contributed by atoms with Crippen LogP contribution in [0.1, 0.15) is 13.3 Å². The van der Waals surface area contributed by atoms with Crippen LogP contribution in [0.4, 0.5) is 5.69 Å². The summed E-state index contributed by atoms with van der Waals surface area (Å²) in [6.07, 6.45) is 0.955. The second-order valence-electron chi connectivity index (χ2n) is 4.01. The van der Waals surface area contributed by atoms with E-state index in [0.29, 0.717) is 0 Å². The van der Waals surface area contributed by atoms with E-state index in [-0.39, 0.29) is 6.61 Å². The summed E-state index contributed by atoms with van der Waals surface area (Å²) in [6.45, 7) is 2.81. The molecule has 0 heterocycles. The average Bonchev–Trinajstić information content (AvgIpc) is 2.50. The number of aliphatic hydroxyl groups excluding tert-OH is 1. The Morgan fingerprint density at radius 2 is 1.55 bits per heavy atom. The predicted molar refractivity (Wildman–Crippen MR) is 83.9 cm³/mol. The zero-order valence-electron chi connectivity index (χ0n) is 12.9. The van der Waals surface area contributed by atoms with Crippen LogP contribution in [-0.2, 0) is 13.3 Å². The van der Waals surface area contributed by atoms with Gasteiger partial charge in [0.15, 0.2) is 0 Å². The molecule has 6 heteroatoms. The van der Waals surface area contributed by atoms with Gasteiger partial charge in [0.2, 0.25) is 0 Å². The third-order valence-electron chi connectivity index (χ3n) is 2.70. The standard InChI is InChI=1S/C12H21NO3Si.C2H6O/c1-14-17(15-2,16-3)11-7-10-13-12-8-5-4-6-9-12;1-2-3/h4-6,8-9,13H,7,10-11H2,1-3H3;3H,2H2,1H3. The van der Waals surface area contributed by atoms with E-state index < -0.39 is 8.80 Å². The van der Waals surface area contributed by atoms with Crippen LogP contribution >= 0.6 is 0 Å². The van der Waals surface area contributed by atoms with Gasteiger partial charge in [0.1, 0.15) is 0 Å².